The van der Waals surface area contributed by atoms with Gasteiger partial charge >= 0.3 is 0 Å². The van der Waals surface area contributed by atoms with Crippen molar-refractivity contribution < 1.29 is 9.32 Å². The van der Waals surface area contributed by atoms with E-state index in [-0.39, 0.29) is 5.91 Å². The zero-order valence-corrected chi connectivity index (χ0v) is 14.0. The summed E-state index contributed by atoms with van der Waals surface area (Å²) in [5.41, 5.74) is 2.41. The average Bonchev–Trinajstić information content (AvgIpc) is 3.05. The lowest BCUT2D eigenvalue weighted by molar-refractivity contribution is 0.0948. The lowest BCUT2D eigenvalue weighted by atomic mass is 10.1. The quantitative estimate of drug-likeness (QED) is 0.646. The first-order valence-corrected chi connectivity index (χ1v) is 8.19. The third kappa shape index (κ3) is 4.91. The molecule has 2 heterocycles. The van der Waals surface area contributed by atoms with Gasteiger partial charge < -0.3 is 15.2 Å². The van der Waals surface area contributed by atoms with Gasteiger partial charge in [0.25, 0.3) is 5.91 Å². The Kier molecular flexibility index (Phi) is 5.41. The minimum atomic E-state index is -0.170. The van der Waals surface area contributed by atoms with Crippen LogP contribution in [0.25, 0.3) is 0 Å². The van der Waals surface area contributed by atoms with E-state index in [1.54, 1.807) is 24.4 Å². The van der Waals surface area contributed by atoms with Gasteiger partial charge in [0.15, 0.2) is 5.82 Å². The van der Waals surface area contributed by atoms with Crippen LogP contribution in [-0.4, -0.2) is 22.6 Å². The molecule has 2 aromatic heterocycles. The monoisotopic (exact) mass is 336 g/mol. The highest BCUT2D eigenvalue weighted by Gasteiger charge is 2.07. The Morgan fingerprint density at radius 3 is 2.68 bits per heavy atom. The second kappa shape index (κ2) is 8.10. The van der Waals surface area contributed by atoms with Crippen molar-refractivity contribution in [3.05, 3.63) is 71.7 Å². The Hall–Kier alpha value is -3.15. The molecule has 0 bridgehead atoms. The fourth-order valence-electron chi connectivity index (χ4n) is 2.40. The van der Waals surface area contributed by atoms with Crippen LogP contribution < -0.4 is 10.6 Å². The van der Waals surface area contributed by atoms with Crippen molar-refractivity contribution in [1.29, 1.82) is 0 Å². The molecule has 6 nitrogen and oxygen atoms in total. The van der Waals surface area contributed by atoms with Crippen molar-refractivity contribution in [2.75, 3.05) is 11.9 Å². The number of aromatic nitrogens is 2. The lowest BCUT2D eigenvalue weighted by Gasteiger charge is -2.06. The maximum Gasteiger partial charge on any atom is 0.269 e. The Balaban J connectivity index is 1.45. The molecule has 0 unspecified atom stereocenters. The highest BCUT2D eigenvalue weighted by atomic mass is 16.5. The van der Waals surface area contributed by atoms with E-state index in [0.717, 1.165) is 24.3 Å². The summed E-state index contributed by atoms with van der Waals surface area (Å²) >= 11 is 0. The summed E-state index contributed by atoms with van der Waals surface area (Å²) in [6, 6.07) is 15.5. The molecule has 0 saturated heterocycles. The highest BCUT2D eigenvalue weighted by Crippen LogP contribution is 2.15. The van der Waals surface area contributed by atoms with Crippen molar-refractivity contribution in [2.24, 2.45) is 0 Å². The summed E-state index contributed by atoms with van der Waals surface area (Å²) < 4.78 is 4.99. The normalized spacial score (nSPS) is 10.4. The highest BCUT2D eigenvalue weighted by molar-refractivity contribution is 5.92. The Bertz CT molecular complexity index is 813. The minimum Gasteiger partial charge on any atom is -0.360 e. The predicted octanol–water partition coefficient (Wildman–Crippen LogP) is 3.48. The van der Waals surface area contributed by atoms with E-state index >= 15 is 0 Å². The number of benzene rings is 1. The van der Waals surface area contributed by atoms with Gasteiger partial charge in [-0.2, -0.15) is 0 Å². The van der Waals surface area contributed by atoms with E-state index in [1.807, 2.05) is 25.1 Å². The Morgan fingerprint density at radius 2 is 2.00 bits per heavy atom. The molecule has 1 aromatic carbocycles. The number of nitrogens with zero attached hydrogens (tertiary/aromatic N) is 2. The lowest BCUT2D eigenvalue weighted by Crippen LogP contribution is -2.25. The molecule has 0 aliphatic rings. The Morgan fingerprint density at radius 1 is 1.16 bits per heavy atom. The molecule has 0 radical (unpaired) electrons. The van der Waals surface area contributed by atoms with E-state index in [2.05, 4.69) is 32.9 Å². The third-order valence-electron chi connectivity index (χ3n) is 3.67. The summed E-state index contributed by atoms with van der Waals surface area (Å²) in [6.45, 7) is 2.44. The van der Waals surface area contributed by atoms with Gasteiger partial charge in [-0.3, -0.25) is 4.79 Å². The number of pyridine rings is 1. The minimum absolute atomic E-state index is 0.170. The first-order chi connectivity index (χ1) is 12.2. The van der Waals surface area contributed by atoms with E-state index in [1.165, 1.54) is 5.56 Å². The first-order valence-electron chi connectivity index (χ1n) is 8.19. The third-order valence-corrected chi connectivity index (χ3v) is 3.67. The van der Waals surface area contributed by atoms with Crippen molar-refractivity contribution in [1.82, 2.24) is 15.5 Å². The maximum absolute atomic E-state index is 12.1. The second-order valence-electron chi connectivity index (χ2n) is 5.72. The zero-order valence-electron chi connectivity index (χ0n) is 14.0. The summed E-state index contributed by atoms with van der Waals surface area (Å²) in [5, 5.41) is 9.81. The number of rotatable bonds is 7. The van der Waals surface area contributed by atoms with Crippen LogP contribution in [0.15, 0.2) is 59.3 Å². The van der Waals surface area contributed by atoms with Crippen LogP contribution in [0.2, 0.25) is 0 Å². The molecule has 0 fully saturated rings. The van der Waals surface area contributed by atoms with Crippen LogP contribution in [0.5, 0.6) is 0 Å². The van der Waals surface area contributed by atoms with Gasteiger partial charge in [0.05, 0.1) is 11.9 Å². The molecule has 0 atom stereocenters. The van der Waals surface area contributed by atoms with Crippen molar-refractivity contribution in [3.63, 3.8) is 0 Å². The number of carbonyl (C=O) groups is 1. The van der Waals surface area contributed by atoms with E-state index in [4.69, 9.17) is 4.52 Å². The van der Waals surface area contributed by atoms with Crippen LogP contribution in [0, 0.1) is 6.92 Å². The van der Waals surface area contributed by atoms with Gasteiger partial charge in [0.1, 0.15) is 11.5 Å². The predicted molar refractivity (Wildman–Crippen MR) is 95.9 cm³/mol. The average molecular weight is 336 g/mol. The fourth-order valence-corrected chi connectivity index (χ4v) is 2.40. The molecular weight excluding hydrogens is 316 g/mol. The van der Waals surface area contributed by atoms with Crippen molar-refractivity contribution in [2.45, 2.75) is 19.8 Å². The first kappa shape index (κ1) is 16.7. The molecule has 128 valence electrons. The molecule has 2 N–H and O–H groups in total. The fraction of sp³-hybridized carbons (Fsp3) is 0.211. The van der Waals surface area contributed by atoms with E-state index in [0.29, 0.717) is 18.1 Å². The number of anilines is 2. The summed E-state index contributed by atoms with van der Waals surface area (Å²) in [5.74, 6) is 1.16. The topological polar surface area (TPSA) is 80.0 Å². The summed E-state index contributed by atoms with van der Waals surface area (Å²) in [4.78, 5) is 16.3. The number of nitrogens with one attached hydrogen (secondary N) is 2. The zero-order chi connectivity index (χ0) is 17.5. The van der Waals surface area contributed by atoms with Crippen LogP contribution in [0.1, 0.15) is 28.2 Å². The van der Waals surface area contributed by atoms with Crippen LogP contribution in [0.3, 0.4) is 0 Å². The number of hydrogen-bond acceptors (Lipinski definition) is 5. The molecule has 6 heteroatoms. The van der Waals surface area contributed by atoms with Gasteiger partial charge in [-0.1, -0.05) is 35.5 Å². The number of aryl methyl sites for hydroxylation is 2. The molecule has 0 aliphatic carbocycles. The maximum atomic E-state index is 12.1. The standard InChI is InChI=1S/C19H20N4O2/c1-14-12-18(23-25-14)22-16-9-10-17(21-13-16)19(24)20-11-5-8-15-6-3-2-4-7-15/h2-4,6-7,9-10,12-13H,5,8,11H2,1H3,(H,20,24)(H,22,23). The number of carbonyl (C=O) groups excluding carboxylic acids is 1. The molecule has 0 aliphatic heterocycles. The van der Waals surface area contributed by atoms with Crippen molar-refractivity contribution in [3.8, 4) is 0 Å². The smallest absolute Gasteiger partial charge is 0.269 e. The molecule has 1 amide bonds. The van der Waals surface area contributed by atoms with Gasteiger partial charge in [0, 0.05) is 12.6 Å². The molecule has 0 saturated carbocycles. The molecular formula is C19H20N4O2. The van der Waals surface area contributed by atoms with Gasteiger partial charge in [-0.25, -0.2) is 4.98 Å². The number of hydrogen-bond donors (Lipinski definition) is 2. The summed E-state index contributed by atoms with van der Waals surface area (Å²) in [6.07, 6.45) is 3.43. The Labute approximate surface area is 146 Å². The largest absolute Gasteiger partial charge is 0.360 e. The molecule has 25 heavy (non-hydrogen) atoms. The van der Waals surface area contributed by atoms with E-state index in [9.17, 15) is 4.79 Å². The SMILES string of the molecule is Cc1cc(Nc2ccc(C(=O)NCCCc3ccccc3)nc2)no1. The summed E-state index contributed by atoms with van der Waals surface area (Å²) in [7, 11) is 0. The van der Waals surface area contributed by atoms with Crippen molar-refractivity contribution >= 4 is 17.4 Å². The van der Waals surface area contributed by atoms with Crippen LogP contribution >= 0.6 is 0 Å². The van der Waals surface area contributed by atoms with Crippen LogP contribution in [0.4, 0.5) is 11.5 Å². The van der Waals surface area contributed by atoms with Gasteiger partial charge in [-0.15, -0.1) is 0 Å². The number of amides is 1. The second-order valence-corrected chi connectivity index (χ2v) is 5.72. The van der Waals surface area contributed by atoms with Gasteiger partial charge in [-0.05, 0) is 37.5 Å². The molecule has 3 rings (SSSR count). The van der Waals surface area contributed by atoms with Crippen LogP contribution in [-0.2, 0) is 6.42 Å². The molecule has 0 spiro atoms. The van der Waals surface area contributed by atoms with E-state index < -0.39 is 0 Å². The van der Waals surface area contributed by atoms with Gasteiger partial charge in [0.2, 0.25) is 0 Å². The molecule has 3 aromatic rings.